The molecule has 0 radical (unpaired) electrons. The van der Waals surface area contributed by atoms with Crippen molar-refractivity contribution in [1.29, 1.82) is 0 Å². The SMILES string of the molecule is CC(C)c1nc2n(n1)CC(NC(=O)N1CCc3ccccc3C(C)(C)C1)CC2. The van der Waals surface area contributed by atoms with Crippen molar-refractivity contribution in [3.8, 4) is 0 Å². The van der Waals surface area contributed by atoms with Gasteiger partial charge in [0.1, 0.15) is 5.82 Å². The van der Waals surface area contributed by atoms with Crippen LogP contribution in [-0.2, 0) is 24.8 Å². The van der Waals surface area contributed by atoms with E-state index in [9.17, 15) is 4.79 Å². The van der Waals surface area contributed by atoms with Gasteiger partial charge in [0.05, 0.1) is 12.6 Å². The van der Waals surface area contributed by atoms with Crippen LogP contribution in [0.3, 0.4) is 0 Å². The maximum absolute atomic E-state index is 13.1. The van der Waals surface area contributed by atoms with Crippen LogP contribution in [-0.4, -0.2) is 44.8 Å². The Labute approximate surface area is 167 Å². The smallest absolute Gasteiger partial charge is 0.317 e. The van der Waals surface area contributed by atoms with Gasteiger partial charge >= 0.3 is 6.03 Å². The van der Waals surface area contributed by atoms with Crippen molar-refractivity contribution in [2.24, 2.45) is 0 Å². The summed E-state index contributed by atoms with van der Waals surface area (Å²) in [5.41, 5.74) is 2.66. The maximum atomic E-state index is 13.1. The molecule has 1 aromatic carbocycles. The number of urea groups is 1. The molecule has 6 heteroatoms. The van der Waals surface area contributed by atoms with Crippen LogP contribution < -0.4 is 5.32 Å². The second kappa shape index (κ2) is 7.22. The Balaban J connectivity index is 1.43. The molecule has 0 bridgehead atoms. The first-order chi connectivity index (χ1) is 13.3. The number of nitrogens with one attached hydrogen (secondary N) is 1. The van der Waals surface area contributed by atoms with Gasteiger partial charge < -0.3 is 10.2 Å². The minimum absolute atomic E-state index is 0.0403. The summed E-state index contributed by atoms with van der Waals surface area (Å²) in [6.45, 7) is 10.9. The standard InChI is InChI=1S/C22H31N5O/c1-15(2)20-24-19-10-9-17(13-27(19)25-20)23-21(28)26-12-11-16-7-5-6-8-18(16)22(3,4)14-26/h5-8,15,17H,9-14H2,1-4H3,(H,23,28). The monoisotopic (exact) mass is 381 g/mol. The van der Waals surface area contributed by atoms with Crippen LogP contribution in [0.5, 0.6) is 0 Å². The number of hydrogen-bond acceptors (Lipinski definition) is 3. The number of carbonyl (C=O) groups excluding carboxylic acids is 1. The van der Waals surface area contributed by atoms with Crippen molar-refractivity contribution in [2.45, 2.75) is 70.9 Å². The first-order valence-corrected chi connectivity index (χ1v) is 10.4. The van der Waals surface area contributed by atoms with Crippen molar-refractivity contribution in [1.82, 2.24) is 25.0 Å². The van der Waals surface area contributed by atoms with E-state index in [4.69, 9.17) is 0 Å². The van der Waals surface area contributed by atoms with E-state index >= 15 is 0 Å². The molecule has 0 saturated heterocycles. The number of benzene rings is 1. The summed E-state index contributed by atoms with van der Waals surface area (Å²) in [6, 6.07) is 8.73. The molecule has 150 valence electrons. The third-order valence-electron chi connectivity index (χ3n) is 5.99. The Morgan fingerprint density at radius 2 is 2.04 bits per heavy atom. The summed E-state index contributed by atoms with van der Waals surface area (Å²) < 4.78 is 1.98. The normalized spacial score (nSPS) is 21.0. The summed E-state index contributed by atoms with van der Waals surface area (Å²) in [4.78, 5) is 19.7. The number of aromatic nitrogens is 3. The van der Waals surface area contributed by atoms with Crippen molar-refractivity contribution in [3.05, 3.63) is 47.0 Å². The molecule has 1 atom stereocenters. The topological polar surface area (TPSA) is 63.1 Å². The molecule has 4 rings (SSSR count). The van der Waals surface area contributed by atoms with Gasteiger partial charge in [-0.3, -0.25) is 0 Å². The summed E-state index contributed by atoms with van der Waals surface area (Å²) in [5.74, 6) is 2.27. The highest BCUT2D eigenvalue weighted by Gasteiger charge is 2.32. The predicted molar refractivity (Wildman–Crippen MR) is 109 cm³/mol. The highest BCUT2D eigenvalue weighted by molar-refractivity contribution is 5.75. The van der Waals surface area contributed by atoms with Gasteiger partial charge in [0.15, 0.2) is 5.82 Å². The zero-order chi connectivity index (χ0) is 19.9. The lowest BCUT2D eigenvalue weighted by Crippen LogP contribution is -2.50. The fraction of sp³-hybridized carbons (Fsp3) is 0.591. The molecule has 2 amide bonds. The molecular formula is C22H31N5O. The van der Waals surface area contributed by atoms with Gasteiger partial charge in [0, 0.05) is 30.8 Å². The number of nitrogens with zero attached hydrogens (tertiary/aromatic N) is 4. The third kappa shape index (κ3) is 3.64. The molecule has 0 spiro atoms. The van der Waals surface area contributed by atoms with Crippen molar-refractivity contribution in [3.63, 3.8) is 0 Å². The van der Waals surface area contributed by atoms with Crippen LogP contribution in [0.25, 0.3) is 0 Å². The Kier molecular flexibility index (Phi) is 4.89. The van der Waals surface area contributed by atoms with Crippen LogP contribution in [0.4, 0.5) is 4.79 Å². The quantitative estimate of drug-likeness (QED) is 0.868. The molecule has 2 aliphatic heterocycles. The number of carbonyl (C=O) groups is 1. The first kappa shape index (κ1) is 19.0. The highest BCUT2D eigenvalue weighted by Crippen LogP contribution is 2.31. The second-order valence-electron chi connectivity index (χ2n) is 9.12. The molecule has 1 N–H and O–H groups in total. The third-order valence-corrected chi connectivity index (χ3v) is 5.99. The molecule has 0 aliphatic carbocycles. The summed E-state index contributed by atoms with van der Waals surface area (Å²) >= 11 is 0. The van der Waals surface area contributed by atoms with E-state index in [2.05, 4.69) is 67.4 Å². The molecule has 28 heavy (non-hydrogen) atoms. The van der Waals surface area contributed by atoms with E-state index < -0.39 is 0 Å². The molecule has 2 aromatic rings. The lowest BCUT2D eigenvalue weighted by Gasteiger charge is -2.32. The fourth-order valence-corrected chi connectivity index (χ4v) is 4.43. The molecule has 0 fully saturated rings. The Morgan fingerprint density at radius 1 is 1.25 bits per heavy atom. The molecule has 1 aromatic heterocycles. The summed E-state index contributed by atoms with van der Waals surface area (Å²) in [6.07, 6.45) is 2.68. The largest absolute Gasteiger partial charge is 0.333 e. The molecular weight excluding hydrogens is 350 g/mol. The molecule has 1 unspecified atom stereocenters. The maximum Gasteiger partial charge on any atom is 0.317 e. The number of rotatable bonds is 2. The van der Waals surface area contributed by atoms with Gasteiger partial charge in [0.2, 0.25) is 0 Å². The van der Waals surface area contributed by atoms with Crippen LogP contribution in [0.1, 0.15) is 62.8 Å². The van der Waals surface area contributed by atoms with Gasteiger partial charge in [-0.1, -0.05) is 52.0 Å². The molecule has 3 heterocycles. The Morgan fingerprint density at radius 3 is 2.82 bits per heavy atom. The van der Waals surface area contributed by atoms with E-state index in [0.29, 0.717) is 12.5 Å². The highest BCUT2D eigenvalue weighted by atomic mass is 16.2. The Bertz CT molecular complexity index is 870. The van der Waals surface area contributed by atoms with Gasteiger partial charge in [-0.25, -0.2) is 14.5 Å². The average molecular weight is 382 g/mol. The minimum atomic E-state index is -0.0533. The molecule has 2 aliphatic rings. The second-order valence-corrected chi connectivity index (χ2v) is 9.12. The predicted octanol–water partition coefficient (Wildman–Crippen LogP) is 3.26. The lowest BCUT2D eigenvalue weighted by molar-refractivity contribution is 0.181. The van der Waals surface area contributed by atoms with E-state index in [-0.39, 0.29) is 17.5 Å². The lowest BCUT2D eigenvalue weighted by atomic mass is 9.82. The van der Waals surface area contributed by atoms with Crippen molar-refractivity contribution >= 4 is 6.03 Å². The number of amides is 2. The van der Waals surface area contributed by atoms with Crippen LogP contribution in [0.15, 0.2) is 24.3 Å². The van der Waals surface area contributed by atoms with Crippen molar-refractivity contribution < 1.29 is 4.79 Å². The van der Waals surface area contributed by atoms with Gasteiger partial charge in [-0.2, -0.15) is 5.10 Å². The average Bonchev–Trinajstić information content (AvgIpc) is 3.03. The molecule has 6 nitrogen and oxygen atoms in total. The number of hydrogen-bond donors (Lipinski definition) is 1. The van der Waals surface area contributed by atoms with E-state index in [1.807, 2.05) is 9.58 Å². The van der Waals surface area contributed by atoms with E-state index in [1.165, 1.54) is 11.1 Å². The molecule has 0 saturated carbocycles. The van der Waals surface area contributed by atoms with Gasteiger partial charge in [-0.05, 0) is 24.0 Å². The fourth-order valence-electron chi connectivity index (χ4n) is 4.43. The van der Waals surface area contributed by atoms with Gasteiger partial charge in [0.25, 0.3) is 0 Å². The zero-order valence-electron chi connectivity index (χ0n) is 17.4. The van der Waals surface area contributed by atoms with E-state index in [1.54, 1.807) is 0 Å². The zero-order valence-corrected chi connectivity index (χ0v) is 17.4. The van der Waals surface area contributed by atoms with Crippen LogP contribution >= 0.6 is 0 Å². The van der Waals surface area contributed by atoms with Crippen molar-refractivity contribution in [2.75, 3.05) is 13.1 Å². The summed E-state index contributed by atoms with van der Waals surface area (Å²) in [7, 11) is 0. The number of fused-ring (bicyclic) bond motifs is 2. The first-order valence-electron chi connectivity index (χ1n) is 10.4. The number of aryl methyl sites for hydroxylation is 1. The Hall–Kier alpha value is -2.37. The summed E-state index contributed by atoms with van der Waals surface area (Å²) in [5, 5.41) is 7.88. The van der Waals surface area contributed by atoms with Crippen LogP contribution in [0.2, 0.25) is 0 Å². The minimum Gasteiger partial charge on any atom is -0.333 e. The van der Waals surface area contributed by atoms with E-state index in [0.717, 1.165) is 44.0 Å². The van der Waals surface area contributed by atoms with Crippen LogP contribution in [0, 0.1) is 0 Å². The van der Waals surface area contributed by atoms with Gasteiger partial charge in [-0.15, -0.1) is 0 Å².